The maximum absolute atomic E-state index is 13.8. The van der Waals surface area contributed by atoms with E-state index < -0.39 is 11.6 Å². The van der Waals surface area contributed by atoms with Gasteiger partial charge in [0.15, 0.2) is 0 Å². The Balaban J connectivity index is 2.00. The van der Waals surface area contributed by atoms with Crippen molar-refractivity contribution in [3.63, 3.8) is 0 Å². The van der Waals surface area contributed by atoms with Gasteiger partial charge in [0.25, 0.3) is 0 Å². The fourth-order valence-corrected chi connectivity index (χ4v) is 2.44. The number of nitrogens with zero attached hydrogens (tertiary/aromatic N) is 3. The summed E-state index contributed by atoms with van der Waals surface area (Å²) in [6, 6.07) is 3.45. The first-order valence-corrected chi connectivity index (χ1v) is 6.31. The third-order valence-corrected chi connectivity index (χ3v) is 3.50. The summed E-state index contributed by atoms with van der Waals surface area (Å²) in [6.07, 6.45) is 1.63. The third-order valence-electron chi connectivity index (χ3n) is 3.50. The highest BCUT2D eigenvalue weighted by Gasteiger charge is 2.22. The molecule has 0 spiro atoms. The lowest BCUT2D eigenvalue weighted by atomic mass is 10.2. The molecule has 0 radical (unpaired) electrons. The molecule has 0 aliphatic carbocycles. The summed E-state index contributed by atoms with van der Waals surface area (Å²) in [6.45, 7) is 3.10. The maximum Gasteiger partial charge on any atom is 0.219 e. The summed E-state index contributed by atoms with van der Waals surface area (Å²) < 4.78 is 28.7. The average Bonchev–Trinajstić information content (AvgIpc) is 2.81. The first-order chi connectivity index (χ1) is 9.56. The molecule has 1 aliphatic heterocycles. The normalized spacial score (nSPS) is 14.2. The standard InChI is InChI=1S/C14H13F2N3O/c1-9(20)18-4-5-19-11(8-18)7-17-14(19)12-3-2-10(15)6-13(12)16/h2-3,6-7H,4-5,8H2,1H3. The van der Waals surface area contributed by atoms with Crippen molar-refractivity contribution in [3.8, 4) is 11.4 Å². The summed E-state index contributed by atoms with van der Waals surface area (Å²) in [5.41, 5.74) is 1.12. The van der Waals surface area contributed by atoms with Crippen LogP contribution in [0.1, 0.15) is 12.6 Å². The summed E-state index contributed by atoms with van der Waals surface area (Å²) >= 11 is 0. The third kappa shape index (κ3) is 2.07. The van der Waals surface area contributed by atoms with Gasteiger partial charge < -0.3 is 9.47 Å². The molecule has 0 atom stereocenters. The maximum atomic E-state index is 13.8. The molecule has 104 valence electrons. The Morgan fingerprint density at radius 2 is 2.10 bits per heavy atom. The van der Waals surface area contributed by atoms with Crippen LogP contribution in [0.2, 0.25) is 0 Å². The highest BCUT2D eigenvalue weighted by atomic mass is 19.1. The van der Waals surface area contributed by atoms with E-state index in [0.29, 0.717) is 25.5 Å². The predicted molar refractivity (Wildman–Crippen MR) is 68.7 cm³/mol. The van der Waals surface area contributed by atoms with Crippen LogP contribution >= 0.6 is 0 Å². The van der Waals surface area contributed by atoms with Gasteiger partial charge in [-0.3, -0.25) is 4.79 Å². The topological polar surface area (TPSA) is 38.1 Å². The molecule has 2 heterocycles. The molecular weight excluding hydrogens is 264 g/mol. The van der Waals surface area contributed by atoms with E-state index >= 15 is 0 Å². The average molecular weight is 277 g/mol. The second-order valence-corrected chi connectivity index (χ2v) is 4.79. The zero-order chi connectivity index (χ0) is 14.3. The summed E-state index contributed by atoms with van der Waals surface area (Å²) in [5.74, 6) is -0.764. The highest BCUT2D eigenvalue weighted by Crippen LogP contribution is 2.26. The smallest absolute Gasteiger partial charge is 0.219 e. The molecule has 20 heavy (non-hydrogen) atoms. The molecule has 1 aromatic carbocycles. The number of rotatable bonds is 1. The van der Waals surface area contributed by atoms with E-state index in [2.05, 4.69) is 4.98 Å². The van der Waals surface area contributed by atoms with Gasteiger partial charge >= 0.3 is 0 Å². The van der Waals surface area contributed by atoms with Crippen molar-refractivity contribution in [2.45, 2.75) is 20.0 Å². The minimum atomic E-state index is -0.632. The van der Waals surface area contributed by atoms with Crippen LogP contribution in [-0.4, -0.2) is 26.9 Å². The number of carbonyl (C=O) groups excluding carboxylic acids is 1. The minimum absolute atomic E-state index is 0.00645. The van der Waals surface area contributed by atoms with Crippen LogP contribution in [0.3, 0.4) is 0 Å². The molecule has 0 unspecified atom stereocenters. The number of hydrogen-bond donors (Lipinski definition) is 0. The van der Waals surface area contributed by atoms with E-state index in [4.69, 9.17) is 0 Å². The molecule has 0 saturated carbocycles. The van der Waals surface area contributed by atoms with Gasteiger partial charge in [-0.2, -0.15) is 0 Å². The number of halogens is 2. The van der Waals surface area contributed by atoms with Crippen LogP contribution in [0.15, 0.2) is 24.4 Å². The van der Waals surface area contributed by atoms with E-state index in [1.165, 1.54) is 19.1 Å². The van der Waals surface area contributed by atoms with Crippen LogP contribution < -0.4 is 0 Å². The van der Waals surface area contributed by atoms with Gasteiger partial charge in [0, 0.05) is 26.1 Å². The first-order valence-electron chi connectivity index (χ1n) is 6.31. The van der Waals surface area contributed by atoms with E-state index in [9.17, 15) is 13.6 Å². The fraction of sp³-hybridized carbons (Fsp3) is 0.286. The highest BCUT2D eigenvalue weighted by molar-refractivity contribution is 5.73. The molecule has 1 aliphatic rings. The van der Waals surface area contributed by atoms with Crippen molar-refractivity contribution < 1.29 is 13.6 Å². The monoisotopic (exact) mass is 277 g/mol. The number of benzene rings is 1. The summed E-state index contributed by atoms with van der Waals surface area (Å²) in [7, 11) is 0. The Morgan fingerprint density at radius 3 is 2.80 bits per heavy atom. The van der Waals surface area contributed by atoms with Crippen LogP contribution in [0.25, 0.3) is 11.4 Å². The van der Waals surface area contributed by atoms with Crippen LogP contribution in [0.5, 0.6) is 0 Å². The number of hydrogen-bond acceptors (Lipinski definition) is 2. The van der Waals surface area contributed by atoms with E-state index in [1.54, 1.807) is 11.1 Å². The van der Waals surface area contributed by atoms with Gasteiger partial charge in [-0.25, -0.2) is 13.8 Å². The molecule has 1 amide bonds. The molecule has 3 rings (SSSR count). The number of amides is 1. The van der Waals surface area contributed by atoms with Crippen molar-refractivity contribution in [3.05, 3.63) is 41.7 Å². The van der Waals surface area contributed by atoms with Gasteiger partial charge in [0.1, 0.15) is 17.5 Å². The van der Waals surface area contributed by atoms with Crippen molar-refractivity contribution in [2.75, 3.05) is 6.54 Å². The summed E-state index contributed by atoms with van der Waals surface area (Å²) in [5, 5.41) is 0. The number of aromatic nitrogens is 2. The number of fused-ring (bicyclic) bond motifs is 1. The fourth-order valence-electron chi connectivity index (χ4n) is 2.44. The van der Waals surface area contributed by atoms with Crippen LogP contribution in [0.4, 0.5) is 8.78 Å². The molecular formula is C14H13F2N3O. The van der Waals surface area contributed by atoms with Crippen LogP contribution in [-0.2, 0) is 17.9 Å². The van der Waals surface area contributed by atoms with Crippen molar-refractivity contribution in [1.29, 1.82) is 0 Å². The molecule has 2 aromatic rings. The number of carbonyl (C=O) groups is 1. The minimum Gasteiger partial charge on any atom is -0.335 e. The Labute approximate surface area is 114 Å². The molecule has 0 saturated heterocycles. The second kappa shape index (κ2) is 4.70. The Morgan fingerprint density at radius 1 is 1.30 bits per heavy atom. The molecule has 6 heteroatoms. The van der Waals surface area contributed by atoms with Crippen molar-refractivity contribution >= 4 is 5.91 Å². The lowest BCUT2D eigenvalue weighted by molar-refractivity contribution is -0.130. The van der Waals surface area contributed by atoms with Crippen molar-refractivity contribution in [2.24, 2.45) is 0 Å². The van der Waals surface area contributed by atoms with Gasteiger partial charge in [0.05, 0.1) is 24.0 Å². The molecule has 4 nitrogen and oxygen atoms in total. The van der Waals surface area contributed by atoms with E-state index in [1.807, 2.05) is 4.57 Å². The predicted octanol–water partition coefficient (Wildman–Crippen LogP) is 2.19. The lowest BCUT2D eigenvalue weighted by Gasteiger charge is -2.28. The Hall–Kier alpha value is -2.24. The Kier molecular flexibility index (Phi) is 3.00. The second-order valence-electron chi connectivity index (χ2n) is 4.79. The van der Waals surface area contributed by atoms with Gasteiger partial charge in [-0.15, -0.1) is 0 Å². The summed E-state index contributed by atoms with van der Waals surface area (Å²) in [4.78, 5) is 17.3. The van der Waals surface area contributed by atoms with Gasteiger partial charge in [0.2, 0.25) is 5.91 Å². The lowest BCUT2D eigenvalue weighted by Crippen LogP contribution is -2.36. The molecule has 0 fully saturated rings. The quantitative estimate of drug-likeness (QED) is 0.801. The zero-order valence-electron chi connectivity index (χ0n) is 10.9. The molecule has 0 N–H and O–H groups in total. The van der Waals surface area contributed by atoms with E-state index in [0.717, 1.165) is 11.8 Å². The van der Waals surface area contributed by atoms with Gasteiger partial charge in [-0.1, -0.05) is 0 Å². The SMILES string of the molecule is CC(=O)N1CCn2c(cnc2-c2ccc(F)cc2F)C1. The molecule has 0 bridgehead atoms. The number of imidazole rings is 1. The van der Waals surface area contributed by atoms with Gasteiger partial charge in [-0.05, 0) is 12.1 Å². The first kappa shape index (κ1) is 12.8. The largest absolute Gasteiger partial charge is 0.335 e. The Bertz CT molecular complexity index is 681. The van der Waals surface area contributed by atoms with Crippen LogP contribution in [0, 0.1) is 11.6 Å². The van der Waals surface area contributed by atoms with Crippen molar-refractivity contribution in [1.82, 2.24) is 14.5 Å². The van der Waals surface area contributed by atoms with E-state index in [-0.39, 0.29) is 11.5 Å². The zero-order valence-corrected chi connectivity index (χ0v) is 10.9. The molecule has 1 aromatic heterocycles.